The van der Waals surface area contributed by atoms with Gasteiger partial charge in [-0.2, -0.15) is 0 Å². The smallest absolute Gasteiger partial charge is 0.250 e. The quantitative estimate of drug-likeness (QED) is 0.828. The van der Waals surface area contributed by atoms with Gasteiger partial charge >= 0.3 is 0 Å². The third kappa shape index (κ3) is 2.82. The number of carbonyl (C=O) groups is 2. The summed E-state index contributed by atoms with van der Waals surface area (Å²) in [5.74, 6) is -1.32. The summed E-state index contributed by atoms with van der Waals surface area (Å²) in [6, 6.07) is 11.4. The number of benzene rings is 2. The van der Waals surface area contributed by atoms with Crippen LogP contribution >= 0.6 is 11.8 Å². The molecule has 0 fully saturated rings. The predicted octanol–water partition coefficient (Wildman–Crippen LogP) is 3.58. The van der Waals surface area contributed by atoms with Crippen molar-refractivity contribution in [2.75, 3.05) is 10.6 Å². The molecule has 0 saturated heterocycles. The van der Waals surface area contributed by atoms with E-state index in [4.69, 9.17) is 0 Å². The number of carbonyl (C=O) groups excluding carboxylic acids is 2. The highest BCUT2D eigenvalue weighted by atomic mass is 32.2. The van der Waals surface area contributed by atoms with E-state index >= 15 is 0 Å². The third-order valence-electron chi connectivity index (χ3n) is 3.76. The second kappa shape index (κ2) is 5.70. The van der Waals surface area contributed by atoms with Crippen molar-refractivity contribution in [3.63, 3.8) is 0 Å². The van der Waals surface area contributed by atoms with E-state index in [-0.39, 0.29) is 0 Å². The van der Waals surface area contributed by atoms with Crippen LogP contribution < -0.4 is 10.6 Å². The van der Waals surface area contributed by atoms with Gasteiger partial charge in [0.1, 0.15) is 5.82 Å². The number of aryl methyl sites for hydroxylation is 1. The molecule has 4 nitrogen and oxygen atoms in total. The van der Waals surface area contributed by atoms with Gasteiger partial charge in [0.25, 0.3) is 0 Å². The number of hydrogen-bond donors (Lipinski definition) is 2. The summed E-state index contributed by atoms with van der Waals surface area (Å²) < 4.78 is 12.0. The number of hydrogen-bond acceptors (Lipinski definition) is 3. The summed E-state index contributed by atoms with van der Waals surface area (Å²) in [6.07, 6.45) is 0. The molecule has 2 amide bonds. The average molecular weight is 330 g/mol. The number of fused-ring (bicyclic) bond motifs is 1. The zero-order valence-electron chi connectivity index (χ0n) is 12.6. The van der Waals surface area contributed by atoms with Gasteiger partial charge < -0.3 is 10.6 Å². The fourth-order valence-corrected chi connectivity index (χ4v) is 3.39. The monoisotopic (exact) mass is 330 g/mol. The number of nitrogens with one attached hydrogen (secondary N) is 2. The molecule has 3 rings (SSSR count). The number of halogens is 1. The summed E-state index contributed by atoms with van der Waals surface area (Å²) in [6.45, 7) is 3.33. The maximum atomic E-state index is 13.4. The number of anilines is 2. The Morgan fingerprint density at radius 2 is 2.00 bits per heavy atom. The van der Waals surface area contributed by atoms with Crippen LogP contribution in [0.25, 0.3) is 0 Å². The Morgan fingerprint density at radius 3 is 2.78 bits per heavy atom. The molecule has 1 heterocycles. The zero-order chi connectivity index (χ0) is 16.6. The lowest BCUT2D eigenvalue weighted by molar-refractivity contribution is -0.126. The molecule has 1 aliphatic rings. The lowest BCUT2D eigenvalue weighted by Gasteiger charge is -2.32. The van der Waals surface area contributed by atoms with Crippen molar-refractivity contribution in [3.05, 3.63) is 53.8 Å². The standard InChI is InChI=1S/C17H15FN2O2S/c1-10-7-8-11(18)9-13(10)20-16(22)17(2)15(21)19-12-5-3-4-6-14(12)23-17/h3-9H,1-2H3,(H,19,21)(H,20,22). The minimum absolute atomic E-state index is 0.364. The van der Waals surface area contributed by atoms with E-state index in [0.29, 0.717) is 11.4 Å². The highest BCUT2D eigenvalue weighted by Crippen LogP contribution is 2.42. The average Bonchev–Trinajstić information content (AvgIpc) is 2.52. The summed E-state index contributed by atoms with van der Waals surface area (Å²) in [5, 5.41) is 5.41. The fourth-order valence-electron chi connectivity index (χ4n) is 2.29. The second-order valence-electron chi connectivity index (χ2n) is 5.50. The van der Waals surface area contributed by atoms with Crippen molar-refractivity contribution >= 4 is 35.0 Å². The van der Waals surface area contributed by atoms with Crippen molar-refractivity contribution in [2.24, 2.45) is 0 Å². The number of amides is 2. The van der Waals surface area contributed by atoms with E-state index in [1.165, 1.54) is 23.9 Å². The summed E-state index contributed by atoms with van der Waals surface area (Å²) in [5.41, 5.74) is 1.78. The molecular weight excluding hydrogens is 315 g/mol. The van der Waals surface area contributed by atoms with Gasteiger partial charge in [-0.3, -0.25) is 9.59 Å². The van der Waals surface area contributed by atoms with Crippen molar-refractivity contribution in [2.45, 2.75) is 23.5 Å². The molecule has 6 heteroatoms. The lowest BCUT2D eigenvalue weighted by Crippen LogP contribution is -2.49. The summed E-state index contributed by atoms with van der Waals surface area (Å²) >= 11 is 1.19. The van der Waals surface area contributed by atoms with Crippen LogP contribution in [0.1, 0.15) is 12.5 Å². The molecule has 1 aliphatic heterocycles. The fraction of sp³-hybridized carbons (Fsp3) is 0.176. The largest absolute Gasteiger partial charge is 0.324 e. The van der Waals surface area contributed by atoms with E-state index in [0.717, 1.165) is 10.5 Å². The van der Waals surface area contributed by atoms with E-state index in [2.05, 4.69) is 10.6 Å². The molecule has 0 bridgehead atoms. The number of para-hydroxylation sites is 1. The molecule has 0 aromatic heterocycles. The first-order chi connectivity index (χ1) is 10.9. The molecule has 118 valence electrons. The van der Waals surface area contributed by atoms with Crippen LogP contribution in [0.3, 0.4) is 0 Å². The molecule has 1 atom stereocenters. The van der Waals surface area contributed by atoms with Crippen LogP contribution in [0.4, 0.5) is 15.8 Å². The number of rotatable bonds is 2. The van der Waals surface area contributed by atoms with Gasteiger partial charge in [0.2, 0.25) is 11.8 Å². The first kappa shape index (κ1) is 15.6. The normalized spacial score (nSPS) is 19.7. The van der Waals surface area contributed by atoms with Crippen LogP contribution in [-0.4, -0.2) is 16.6 Å². The van der Waals surface area contributed by atoms with Crippen LogP contribution in [0, 0.1) is 12.7 Å². The summed E-state index contributed by atoms with van der Waals surface area (Å²) in [7, 11) is 0. The van der Waals surface area contributed by atoms with Crippen molar-refractivity contribution in [1.82, 2.24) is 0 Å². The van der Waals surface area contributed by atoms with Crippen LogP contribution in [-0.2, 0) is 9.59 Å². The molecule has 1 unspecified atom stereocenters. The molecule has 2 aromatic carbocycles. The van der Waals surface area contributed by atoms with Gasteiger partial charge in [-0.25, -0.2) is 4.39 Å². The molecule has 0 aliphatic carbocycles. The first-order valence-electron chi connectivity index (χ1n) is 7.07. The highest BCUT2D eigenvalue weighted by Gasteiger charge is 2.45. The van der Waals surface area contributed by atoms with Crippen molar-refractivity contribution < 1.29 is 14.0 Å². The van der Waals surface area contributed by atoms with E-state index < -0.39 is 22.4 Å². The predicted molar refractivity (Wildman–Crippen MR) is 89.1 cm³/mol. The molecule has 2 aromatic rings. The Hall–Kier alpha value is -2.34. The van der Waals surface area contributed by atoms with Gasteiger partial charge in [0, 0.05) is 10.6 Å². The third-order valence-corrected chi connectivity index (χ3v) is 5.12. The van der Waals surface area contributed by atoms with Gasteiger partial charge in [-0.15, -0.1) is 0 Å². The van der Waals surface area contributed by atoms with Crippen LogP contribution in [0.5, 0.6) is 0 Å². The van der Waals surface area contributed by atoms with Crippen molar-refractivity contribution in [1.29, 1.82) is 0 Å². The Bertz CT molecular complexity index is 809. The molecule has 0 radical (unpaired) electrons. The van der Waals surface area contributed by atoms with Crippen molar-refractivity contribution in [3.8, 4) is 0 Å². The number of thioether (sulfide) groups is 1. The SMILES string of the molecule is Cc1ccc(F)cc1NC(=O)C1(C)Sc2ccccc2NC1=O. The lowest BCUT2D eigenvalue weighted by atomic mass is 10.1. The van der Waals surface area contributed by atoms with Crippen LogP contribution in [0.2, 0.25) is 0 Å². The highest BCUT2D eigenvalue weighted by molar-refractivity contribution is 8.02. The van der Waals surface area contributed by atoms with Gasteiger partial charge in [-0.1, -0.05) is 30.0 Å². The molecule has 0 saturated carbocycles. The van der Waals surface area contributed by atoms with Gasteiger partial charge in [0.05, 0.1) is 5.69 Å². The summed E-state index contributed by atoms with van der Waals surface area (Å²) in [4.78, 5) is 25.9. The van der Waals surface area contributed by atoms with Gasteiger partial charge in [0.15, 0.2) is 4.75 Å². The molecular formula is C17H15FN2O2S. The molecule has 0 spiro atoms. The maximum Gasteiger partial charge on any atom is 0.250 e. The Morgan fingerprint density at radius 1 is 1.26 bits per heavy atom. The maximum absolute atomic E-state index is 13.4. The zero-order valence-corrected chi connectivity index (χ0v) is 13.5. The Kier molecular flexibility index (Phi) is 3.85. The van der Waals surface area contributed by atoms with E-state index in [1.807, 2.05) is 18.2 Å². The topological polar surface area (TPSA) is 58.2 Å². The van der Waals surface area contributed by atoms with Gasteiger partial charge in [-0.05, 0) is 43.7 Å². The van der Waals surface area contributed by atoms with E-state index in [1.54, 1.807) is 26.0 Å². The molecule has 23 heavy (non-hydrogen) atoms. The van der Waals surface area contributed by atoms with Crippen LogP contribution in [0.15, 0.2) is 47.4 Å². The Balaban J connectivity index is 1.89. The Labute approximate surface area is 137 Å². The minimum atomic E-state index is -1.33. The second-order valence-corrected chi connectivity index (χ2v) is 6.96. The minimum Gasteiger partial charge on any atom is -0.324 e. The molecule has 2 N–H and O–H groups in total. The first-order valence-corrected chi connectivity index (χ1v) is 7.89. The van der Waals surface area contributed by atoms with E-state index in [9.17, 15) is 14.0 Å².